The average molecular weight is 467 g/mol. The second-order valence-corrected chi connectivity index (χ2v) is 7.16. The summed E-state index contributed by atoms with van der Waals surface area (Å²) in [6.45, 7) is -0.641. The SMILES string of the molecule is O=C(COc1ccc(Br)cc1F)OCC(=O)N1CCCc2cc([N+](=O)[O-])ccc21. The highest BCUT2D eigenvalue weighted by Crippen LogP contribution is 2.30. The van der Waals surface area contributed by atoms with Crippen molar-refractivity contribution < 1.29 is 28.4 Å². The fraction of sp³-hybridized carbons (Fsp3) is 0.263. The van der Waals surface area contributed by atoms with Crippen molar-refractivity contribution in [1.29, 1.82) is 0 Å². The van der Waals surface area contributed by atoms with Gasteiger partial charge in [-0.1, -0.05) is 15.9 Å². The van der Waals surface area contributed by atoms with Crippen LogP contribution in [0.3, 0.4) is 0 Å². The van der Waals surface area contributed by atoms with E-state index in [-0.39, 0.29) is 11.4 Å². The first-order valence-corrected chi connectivity index (χ1v) is 9.45. The van der Waals surface area contributed by atoms with Gasteiger partial charge in [-0.2, -0.15) is 0 Å². The van der Waals surface area contributed by atoms with Crippen molar-refractivity contribution in [3.05, 3.63) is 62.4 Å². The summed E-state index contributed by atoms with van der Waals surface area (Å²) < 4.78 is 24.2. The second kappa shape index (κ2) is 8.99. The van der Waals surface area contributed by atoms with Gasteiger partial charge >= 0.3 is 5.97 Å². The number of fused-ring (bicyclic) bond motifs is 1. The number of esters is 1. The maximum atomic E-state index is 13.7. The third-order valence-electron chi connectivity index (χ3n) is 4.29. The average Bonchev–Trinajstić information content (AvgIpc) is 2.70. The van der Waals surface area contributed by atoms with Crippen molar-refractivity contribution in [2.45, 2.75) is 12.8 Å². The Morgan fingerprint density at radius 3 is 2.72 bits per heavy atom. The number of hydrogen-bond donors (Lipinski definition) is 0. The summed E-state index contributed by atoms with van der Waals surface area (Å²) in [5.74, 6) is -2.02. The fourth-order valence-corrected chi connectivity index (χ4v) is 3.28. The van der Waals surface area contributed by atoms with Crippen LogP contribution in [-0.4, -0.2) is 36.6 Å². The quantitative estimate of drug-likeness (QED) is 0.367. The molecule has 29 heavy (non-hydrogen) atoms. The van der Waals surface area contributed by atoms with Crippen LogP contribution < -0.4 is 9.64 Å². The Morgan fingerprint density at radius 2 is 2.00 bits per heavy atom. The van der Waals surface area contributed by atoms with E-state index in [2.05, 4.69) is 15.9 Å². The minimum absolute atomic E-state index is 0.0400. The van der Waals surface area contributed by atoms with Gasteiger partial charge in [0, 0.05) is 28.8 Å². The van der Waals surface area contributed by atoms with Gasteiger partial charge in [0.2, 0.25) is 0 Å². The van der Waals surface area contributed by atoms with E-state index in [9.17, 15) is 24.1 Å². The first-order valence-electron chi connectivity index (χ1n) is 8.66. The van der Waals surface area contributed by atoms with E-state index in [0.717, 1.165) is 0 Å². The summed E-state index contributed by atoms with van der Waals surface area (Å²) in [6.07, 6.45) is 1.26. The van der Waals surface area contributed by atoms with E-state index in [1.54, 1.807) is 6.07 Å². The van der Waals surface area contributed by atoms with E-state index >= 15 is 0 Å². The zero-order valence-corrected chi connectivity index (χ0v) is 16.7. The molecule has 0 saturated carbocycles. The van der Waals surface area contributed by atoms with Crippen molar-refractivity contribution in [3.63, 3.8) is 0 Å². The molecule has 2 aromatic carbocycles. The highest BCUT2D eigenvalue weighted by molar-refractivity contribution is 9.10. The van der Waals surface area contributed by atoms with Crippen molar-refractivity contribution >= 4 is 39.2 Å². The van der Waals surface area contributed by atoms with E-state index in [1.165, 1.54) is 35.2 Å². The maximum Gasteiger partial charge on any atom is 0.344 e. The molecule has 0 fully saturated rings. The zero-order valence-electron chi connectivity index (χ0n) is 15.1. The lowest BCUT2D eigenvalue weighted by molar-refractivity contribution is -0.384. The molecule has 1 aliphatic heterocycles. The summed E-state index contributed by atoms with van der Waals surface area (Å²) in [5.41, 5.74) is 1.22. The summed E-state index contributed by atoms with van der Waals surface area (Å²) in [7, 11) is 0. The molecule has 2 aromatic rings. The van der Waals surface area contributed by atoms with Crippen molar-refractivity contribution in [2.75, 3.05) is 24.7 Å². The molecule has 8 nitrogen and oxygen atoms in total. The molecule has 0 saturated heterocycles. The van der Waals surface area contributed by atoms with Gasteiger partial charge in [-0.05, 0) is 42.7 Å². The number of nitrogens with zero attached hydrogens (tertiary/aromatic N) is 2. The Balaban J connectivity index is 1.56. The van der Waals surface area contributed by atoms with Crippen molar-refractivity contribution in [2.24, 2.45) is 0 Å². The van der Waals surface area contributed by atoms with Crippen LogP contribution in [0.4, 0.5) is 15.8 Å². The molecule has 0 spiro atoms. The standard InChI is InChI=1S/C19H16BrFN2O6/c20-13-3-6-17(15(21)9-13)28-11-19(25)29-10-18(24)22-7-1-2-12-8-14(23(26)27)4-5-16(12)22/h3-6,8-9H,1-2,7,10-11H2. The molecule has 0 unspecified atom stereocenters. The number of aryl methyl sites for hydroxylation is 1. The van der Waals surface area contributed by atoms with Gasteiger partial charge in [0.25, 0.3) is 11.6 Å². The number of carbonyl (C=O) groups is 2. The van der Waals surface area contributed by atoms with Gasteiger partial charge in [-0.3, -0.25) is 14.9 Å². The molecule has 152 valence electrons. The number of non-ortho nitro benzene ring substituents is 1. The summed E-state index contributed by atoms with van der Waals surface area (Å²) in [5, 5.41) is 10.9. The fourth-order valence-electron chi connectivity index (χ4n) is 2.95. The molecular weight excluding hydrogens is 451 g/mol. The molecule has 0 bridgehead atoms. The van der Waals surface area contributed by atoms with Crippen LogP contribution >= 0.6 is 15.9 Å². The monoisotopic (exact) mass is 466 g/mol. The van der Waals surface area contributed by atoms with E-state index in [1.807, 2.05) is 0 Å². The number of rotatable bonds is 6. The Kier molecular flexibility index (Phi) is 6.42. The van der Waals surface area contributed by atoms with Crippen LogP contribution in [0.2, 0.25) is 0 Å². The Bertz CT molecular complexity index is 968. The van der Waals surface area contributed by atoms with Crippen molar-refractivity contribution in [1.82, 2.24) is 0 Å². The Labute approximate surface area is 173 Å². The predicted molar refractivity (Wildman–Crippen MR) is 104 cm³/mol. The molecule has 1 heterocycles. The number of nitro groups is 1. The van der Waals surface area contributed by atoms with Gasteiger partial charge in [0.15, 0.2) is 24.8 Å². The number of hydrogen-bond acceptors (Lipinski definition) is 6. The first kappa shape index (κ1) is 20.7. The normalized spacial score (nSPS) is 12.8. The number of halogens is 2. The second-order valence-electron chi connectivity index (χ2n) is 6.24. The van der Waals surface area contributed by atoms with Gasteiger partial charge < -0.3 is 14.4 Å². The Hall–Kier alpha value is -3.01. The van der Waals surface area contributed by atoms with E-state index < -0.39 is 35.8 Å². The summed E-state index contributed by atoms with van der Waals surface area (Å²) >= 11 is 3.11. The largest absolute Gasteiger partial charge is 0.479 e. The number of carbonyl (C=O) groups excluding carboxylic acids is 2. The van der Waals surface area contributed by atoms with E-state index in [0.29, 0.717) is 35.1 Å². The summed E-state index contributed by atoms with van der Waals surface area (Å²) in [4.78, 5) is 36.1. The lowest BCUT2D eigenvalue weighted by atomic mass is 10.0. The molecular formula is C19H16BrFN2O6. The number of nitro benzene ring substituents is 1. The highest BCUT2D eigenvalue weighted by Gasteiger charge is 2.25. The molecule has 0 aliphatic carbocycles. The van der Waals surface area contributed by atoms with Gasteiger partial charge in [-0.15, -0.1) is 0 Å². The van der Waals surface area contributed by atoms with E-state index in [4.69, 9.17) is 9.47 Å². The minimum Gasteiger partial charge on any atom is -0.479 e. The number of anilines is 1. The molecule has 1 aliphatic rings. The summed E-state index contributed by atoms with van der Waals surface area (Å²) in [6, 6.07) is 8.42. The maximum absolute atomic E-state index is 13.7. The van der Waals surface area contributed by atoms with Crippen LogP contribution in [-0.2, 0) is 20.7 Å². The molecule has 0 radical (unpaired) electrons. The van der Waals surface area contributed by atoms with Crippen LogP contribution in [0.15, 0.2) is 40.9 Å². The first-order chi connectivity index (χ1) is 13.8. The lowest BCUT2D eigenvalue weighted by Gasteiger charge is -2.29. The third kappa shape index (κ3) is 5.08. The minimum atomic E-state index is -0.818. The lowest BCUT2D eigenvalue weighted by Crippen LogP contribution is -2.38. The highest BCUT2D eigenvalue weighted by atomic mass is 79.9. The van der Waals surface area contributed by atoms with Crippen LogP contribution in [0.25, 0.3) is 0 Å². The number of amides is 1. The molecule has 1 amide bonds. The molecule has 0 N–H and O–H groups in total. The third-order valence-corrected chi connectivity index (χ3v) is 4.78. The van der Waals surface area contributed by atoms with Crippen LogP contribution in [0, 0.1) is 15.9 Å². The molecule has 3 rings (SSSR count). The molecule has 0 atom stereocenters. The van der Waals surface area contributed by atoms with Crippen molar-refractivity contribution in [3.8, 4) is 5.75 Å². The Morgan fingerprint density at radius 1 is 1.21 bits per heavy atom. The molecule has 0 aromatic heterocycles. The zero-order chi connectivity index (χ0) is 21.0. The molecule has 10 heteroatoms. The van der Waals surface area contributed by atoms with Crippen LogP contribution in [0.1, 0.15) is 12.0 Å². The van der Waals surface area contributed by atoms with Gasteiger partial charge in [0.05, 0.1) is 4.92 Å². The predicted octanol–water partition coefficient (Wildman–Crippen LogP) is 3.40. The number of benzene rings is 2. The van der Waals surface area contributed by atoms with Gasteiger partial charge in [-0.25, -0.2) is 9.18 Å². The van der Waals surface area contributed by atoms with Gasteiger partial charge in [0.1, 0.15) is 0 Å². The number of ether oxygens (including phenoxy) is 2. The van der Waals surface area contributed by atoms with Crippen LogP contribution in [0.5, 0.6) is 5.75 Å². The topological polar surface area (TPSA) is 99.0 Å². The smallest absolute Gasteiger partial charge is 0.344 e.